The molecule has 2 aromatic carbocycles. The predicted molar refractivity (Wildman–Crippen MR) is 102 cm³/mol. The van der Waals surface area contributed by atoms with Crippen LogP contribution in [0.2, 0.25) is 0 Å². The first-order valence-corrected chi connectivity index (χ1v) is 9.83. The Morgan fingerprint density at radius 1 is 1.07 bits per heavy atom. The van der Waals surface area contributed by atoms with E-state index in [1.807, 2.05) is 0 Å². The molecule has 1 amide bonds. The summed E-state index contributed by atoms with van der Waals surface area (Å²) >= 11 is 0. The zero-order chi connectivity index (χ0) is 20.8. The number of benzene rings is 2. The van der Waals surface area contributed by atoms with Crippen LogP contribution in [0.15, 0.2) is 60.0 Å². The number of hydrogen-bond donors (Lipinski definition) is 1. The Hall–Kier alpha value is -2.65. The van der Waals surface area contributed by atoms with E-state index in [-0.39, 0.29) is 6.54 Å². The number of halogens is 3. The molecule has 0 aliphatic rings. The number of hydrogen-bond acceptors (Lipinski definition) is 3. The molecule has 0 unspecified atom stereocenters. The number of likely N-dealkylation sites (N-methyl/N-ethyl adjacent to an activating group) is 1. The van der Waals surface area contributed by atoms with Gasteiger partial charge in [-0.2, -0.15) is 17.5 Å². The SMILES string of the molecule is CCN(CC(=O)Nc1ccccc1C(F)(F)F)S(=O)(=O)/C=C/c1ccccc1. The summed E-state index contributed by atoms with van der Waals surface area (Å²) in [6, 6.07) is 13.2. The van der Waals surface area contributed by atoms with Crippen molar-refractivity contribution in [1.29, 1.82) is 0 Å². The molecule has 9 heteroatoms. The van der Waals surface area contributed by atoms with Gasteiger partial charge in [-0.1, -0.05) is 49.4 Å². The van der Waals surface area contributed by atoms with Crippen LogP contribution >= 0.6 is 0 Å². The molecule has 0 aliphatic heterocycles. The lowest BCUT2D eigenvalue weighted by Gasteiger charge is -2.19. The molecule has 0 aromatic heterocycles. The Bertz CT molecular complexity index is 942. The first kappa shape index (κ1) is 21.6. The van der Waals surface area contributed by atoms with E-state index < -0.39 is 39.9 Å². The lowest BCUT2D eigenvalue weighted by molar-refractivity contribution is -0.137. The van der Waals surface area contributed by atoms with E-state index >= 15 is 0 Å². The van der Waals surface area contributed by atoms with Crippen LogP contribution < -0.4 is 5.32 Å². The molecule has 5 nitrogen and oxygen atoms in total. The summed E-state index contributed by atoms with van der Waals surface area (Å²) in [7, 11) is -3.93. The van der Waals surface area contributed by atoms with Gasteiger partial charge in [0.25, 0.3) is 0 Å². The van der Waals surface area contributed by atoms with Gasteiger partial charge >= 0.3 is 6.18 Å². The minimum absolute atomic E-state index is 0.0181. The highest BCUT2D eigenvalue weighted by atomic mass is 32.2. The summed E-state index contributed by atoms with van der Waals surface area (Å²) in [4.78, 5) is 12.2. The minimum atomic E-state index is -4.64. The summed E-state index contributed by atoms with van der Waals surface area (Å²) < 4.78 is 64.8. The molecule has 28 heavy (non-hydrogen) atoms. The Kier molecular flexibility index (Phi) is 6.98. The largest absolute Gasteiger partial charge is 0.418 e. The fraction of sp³-hybridized carbons (Fsp3) is 0.211. The van der Waals surface area contributed by atoms with Crippen LogP contribution in [0, 0.1) is 0 Å². The van der Waals surface area contributed by atoms with Crippen molar-refractivity contribution in [3.63, 3.8) is 0 Å². The van der Waals surface area contributed by atoms with Crippen LogP contribution in [0.25, 0.3) is 6.08 Å². The lowest BCUT2D eigenvalue weighted by Crippen LogP contribution is -2.37. The normalized spacial score (nSPS) is 12.5. The van der Waals surface area contributed by atoms with E-state index in [1.165, 1.54) is 25.1 Å². The van der Waals surface area contributed by atoms with Crippen molar-refractivity contribution in [3.05, 3.63) is 71.1 Å². The summed E-state index contributed by atoms with van der Waals surface area (Å²) in [5.41, 5.74) is -0.766. The monoisotopic (exact) mass is 412 g/mol. The molecule has 0 radical (unpaired) electrons. The van der Waals surface area contributed by atoms with Gasteiger partial charge in [-0.3, -0.25) is 4.79 Å². The standard InChI is InChI=1S/C19H19F3N2O3S/c1-2-24(28(26,27)13-12-15-8-4-3-5-9-15)14-18(25)23-17-11-7-6-10-16(17)19(20,21)22/h3-13H,2,14H2,1H3,(H,23,25)/b13-12+. The maximum Gasteiger partial charge on any atom is 0.418 e. The van der Waals surface area contributed by atoms with Crippen LogP contribution in [0.4, 0.5) is 18.9 Å². The maximum absolute atomic E-state index is 13.0. The molecular weight excluding hydrogens is 393 g/mol. The smallest absolute Gasteiger partial charge is 0.324 e. The van der Waals surface area contributed by atoms with Crippen LogP contribution in [-0.2, 0) is 21.0 Å². The molecule has 150 valence electrons. The first-order valence-electron chi connectivity index (χ1n) is 8.33. The quantitative estimate of drug-likeness (QED) is 0.749. The van der Waals surface area contributed by atoms with Crippen LogP contribution in [0.3, 0.4) is 0 Å². The number of nitrogens with one attached hydrogen (secondary N) is 1. The zero-order valence-electron chi connectivity index (χ0n) is 15.0. The van der Waals surface area contributed by atoms with E-state index in [2.05, 4.69) is 5.32 Å². The van der Waals surface area contributed by atoms with E-state index in [0.717, 1.165) is 21.8 Å². The highest BCUT2D eigenvalue weighted by Gasteiger charge is 2.33. The van der Waals surface area contributed by atoms with E-state index in [4.69, 9.17) is 0 Å². The summed E-state index contributed by atoms with van der Waals surface area (Å²) in [6.07, 6.45) is -3.26. The average molecular weight is 412 g/mol. The number of sulfonamides is 1. The van der Waals surface area contributed by atoms with Crippen molar-refractivity contribution in [2.75, 3.05) is 18.4 Å². The number of anilines is 1. The molecule has 0 spiro atoms. The van der Waals surface area contributed by atoms with E-state index in [0.29, 0.717) is 5.56 Å². The van der Waals surface area contributed by atoms with Crippen LogP contribution in [0.5, 0.6) is 0 Å². The van der Waals surface area contributed by atoms with Gasteiger partial charge in [0.05, 0.1) is 17.8 Å². The molecule has 2 rings (SSSR count). The Morgan fingerprint density at radius 3 is 2.29 bits per heavy atom. The molecule has 0 saturated heterocycles. The van der Waals surface area contributed by atoms with Gasteiger partial charge < -0.3 is 5.32 Å². The molecule has 0 aliphatic carbocycles. The predicted octanol–water partition coefficient (Wildman–Crippen LogP) is 3.97. The minimum Gasteiger partial charge on any atom is -0.324 e. The topological polar surface area (TPSA) is 66.5 Å². The van der Waals surface area contributed by atoms with Gasteiger partial charge in [0.1, 0.15) is 0 Å². The van der Waals surface area contributed by atoms with Gasteiger partial charge in [-0.15, -0.1) is 0 Å². The van der Waals surface area contributed by atoms with Gasteiger partial charge in [0.2, 0.25) is 15.9 Å². The Balaban J connectivity index is 2.12. The van der Waals surface area contributed by atoms with Gasteiger partial charge in [0.15, 0.2) is 0 Å². The van der Waals surface area contributed by atoms with Crippen molar-refractivity contribution in [1.82, 2.24) is 4.31 Å². The third kappa shape index (κ3) is 5.93. The summed E-state index contributed by atoms with van der Waals surface area (Å²) in [5, 5.41) is 3.10. The number of nitrogens with zero attached hydrogens (tertiary/aromatic N) is 1. The number of para-hydroxylation sites is 1. The van der Waals surface area contributed by atoms with E-state index in [9.17, 15) is 26.4 Å². The summed E-state index contributed by atoms with van der Waals surface area (Å²) in [5.74, 6) is -0.866. The van der Waals surface area contributed by atoms with Crippen molar-refractivity contribution < 1.29 is 26.4 Å². The highest BCUT2D eigenvalue weighted by Crippen LogP contribution is 2.34. The Labute approximate surface area is 161 Å². The second-order valence-corrected chi connectivity index (χ2v) is 7.59. The number of alkyl halides is 3. The van der Waals surface area contributed by atoms with E-state index in [1.54, 1.807) is 30.3 Å². The molecular formula is C19H19F3N2O3S. The molecule has 0 heterocycles. The third-order valence-corrected chi connectivity index (χ3v) is 5.36. The van der Waals surface area contributed by atoms with Crippen molar-refractivity contribution >= 4 is 27.7 Å². The zero-order valence-corrected chi connectivity index (χ0v) is 15.8. The molecule has 0 fully saturated rings. The fourth-order valence-electron chi connectivity index (χ4n) is 2.39. The van der Waals surface area contributed by atoms with Crippen molar-refractivity contribution in [2.24, 2.45) is 0 Å². The molecule has 0 atom stereocenters. The van der Waals surface area contributed by atoms with Crippen LogP contribution in [0.1, 0.15) is 18.1 Å². The number of carbonyl (C=O) groups excluding carboxylic acids is 1. The van der Waals surface area contributed by atoms with Gasteiger partial charge in [-0.25, -0.2) is 8.42 Å². The number of amides is 1. The van der Waals surface area contributed by atoms with Crippen molar-refractivity contribution in [2.45, 2.75) is 13.1 Å². The van der Waals surface area contributed by atoms with Crippen molar-refractivity contribution in [3.8, 4) is 0 Å². The number of rotatable bonds is 7. The second-order valence-electron chi connectivity index (χ2n) is 5.78. The second kappa shape index (κ2) is 9.03. The lowest BCUT2D eigenvalue weighted by atomic mass is 10.1. The summed E-state index contributed by atoms with van der Waals surface area (Å²) in [6.45, 7) is 0.908. The Morgan fingerprint density at radius 2 is 1.68 bits per heavy atom. The average Bonchev–Trinajstić information content (AvgIpc) is 2.65. The highest BCUT2D eigenvalue weighted by molar-refractivity contribution is 7.92. The maximum atomic E-state index is 13.0. The molecule has 0 saturated carbocycles. The fourth-order valence-corrected chi connectivity index (χ4v) is 3.54. The molecule has 2 aromatic rings. The molecule has 0 bridgehead atoms. The molecule has 1 N–H and O–H groups in total. The van der Waals surface area contributed by atoms with Gasteiger partial charge in [-0.05, 0) is 23.8 Å². The first-order chi connectivity index (χ1) is 13.1. The number of carbonyl (C=O) groups is 1. The van der Waals surface area contributed by atoms with Gasteiger partial charge in [0, 0.05) is 12.0 Å². The third-order valence-electron chi connectivity index (χ3n) is 3.77. The van der Waals surface area contributed by atoms with Crippen LogP contribution in [-0.4, -0.2) is 31.7 Å².